The Morgan fingerprint density at radius 2 is 1.69 bits per heavy atom. The van der Waals surface area contributed by atoms with Gasteiger partial charge in [-0.2, -0.15) is 0 Å². The van der Waals surface area contributed by atoms with Gasteiger partial charge in [-0.25, -0.2) is 0 Å². The van der Waals surface area contributed by atoms with Crippen molar-refractivity contribution < 1.29 is 9.59 Å². The summed E-state index contributed by atoms with van der Waals surface area (Å²) in [4.78, 5) is 26.8. The summed E-state index contributed by atoms with van der Waals surface area (Å²) < 4.78 is 1.78. The second kappa shape index (κ2) is 9.39. The largest absolute Gasteiger partial charge is 0.366 e. The van der Waals surface area contributed by atoms with Gasteiger partial charge in [0.1, 0.15) is 6.54 Å². The van der Waals surface area contributed by atoms with Gasteiger partial charge in [0.05, 0.1) is 11.6 Å². The van der Waals surface area contributed by atoms with Crippen molar-refractivity contribution in [2.75, 3.05) is 19.6 Å². The van der Waals surface area contributed by atoms with Crippen LogP contribution in [-0.4, -0.2) is 40.9 Å². The first-order valence-electron chi connectivity index (χ1n) is 9.98. The van der Waals surface area contributed by atoms with Crippen LogP contribution in [0.25, 0.3) is 10.9 Å². The van der Waals surface area contributed by atoms with Crippen molar-refractivity contribution in [2.45, 2.75) is 26.4 Å². The molecule has 6 nitrogen and oxygen atoms in total. The van der Waals surface area contributed by atoms with E-state index in [9.17, 15) is 9.59 Å². The molecular formula is C23H28N4O2. The minimum absolute atomic E-state index is 0.102. The molecule has 1 aromatic heterocycles. The average molecular weight is 393 g/mol. The number of hydrogen-bond donors (Lipinski definition) is 2. The summed E-state index contributed by atoms with van der Waals surface area (Å²) in [7, 11) is 0. The lowest BCUT2D eigenvalue weighted by Crippen LogP contribution is -2.39. The number of carbonyl (C=O) groups is 2. The van der Waals surface area contributed by atoms with Crippen molar-refractivity contribution in [2.24, 2.45) is 5.73 Å². The number of rotatable bonds is 9. The topological polar surface area (TPSA) is 80.4 Å². The molecule has 0 radical (unpaired) electrons. The first-order valence-corrected chi connectivity index (χ1v) is 9.98. The minimum Gasteiger partial charge on any atom is -0.366 e. The lowest BCUT2D eigenvalue weighted by Gasteiger charge is -2.30. The zero-order chi connectivity index (χ0) is 20.8. The number of hydrogen-bond acceptors (Lipinski definition) is 3. The van der Waals surface area contributed by atoms with E-state index in [1.807, 2.05) is 42.5 Å². The van der Waals surface area contributed by atoms with Crippen molar-refractivity contribution in [1.29, 1.82) is 0 Å². The molecule has 29 heavy (non-hydrogen) atoms. The lowest BCUT2D eigenvalue weighted by molar-refractivity contribution is -0.121. The molecule has 0 aliphatic rings. The number of benzene rings is 2. The van der Waals surface area contributed by atoms with Crippen LogP contribution in [-0.2, 0) is 11.3 Å². The van der Waals surface area contributed by atoms with Gasteiger partial charge < -0.3 is 15.6 Å². The van der Waals surface area contributed by atoms with Gasteiger partial charge in [-0.1, -0.05) is 62.4 Å². The number of nitrogens with one attached hydrogen (secondary N) is 1. The molecule has 152 valence electrons. The molecule has 2 aromatic carbocycles. The Morgan fingerprint density at radius 1 is 1.03 bits per heavy atom. The fraction of sp³-hybridized carbons (Fsp3) is 0.304. The van der Waals surface area contributed by atoms with Gasteiger partial charge in [0.2, 0.25) is 5.91 Å². The molecule has 0 bridgehead atoms. The van der Waals surface area contributed by atoms with E-state index in [2.05, 4.69) is 36.2 Å². The Labute approximate surface area is 171 Å². The molecule has 0 aliphatic heterocycles. The van der Waals surface area contributed by atoms with E-state index in [1.165, 1.54) is 5.56 Å². The number of fused-ring (bicyclic) bond motifs is 1. The molecule has 6 heteroatoms. The molecule has 3 N–H and O–H groups in total. The number of nitrogens with two attached hydrogens (primary N) is 1. The van der Waals surface area contributed by atoms with Gasteiger partial charge >= 0.3 is 0 Å². The van der Waals surface area contributed by atoms with Crippen LogP contribution in [0.4, 0.5) is 0 Å². The molecule has 1 heterocycles. The molecule has 0 aliphatic carbocycles. The Kier molecular flexibility index (Phi) is 6.67. The van der Waals surface area contributed by atoms with Crippen LogP contribution >= 0.6 is 0 Å². The van der Waals surface area contributed by atoms with E-state index in [0.717, 1.165) is 24.0 Å². The van der Waals surface area contributed by atoms with Gasteiger partial charge in [-0.3, -0.25) is 14.5 Å². The highest BCUT2D eigenvalue weighted by molar-refractivity contribution is 6.06. The van der Waals surface area contributed by atoms with Gasteiger partial charge in [0.25, 0.3) is 5.91 Å². The number of amides is 2. The number of primary amides is 1. The fourth-order valence-electron chi connectivity index (χ4n) is 3.79. The lowest BCUT2D eigenvalue weighted by atomic mass is 10.1. The summed E-state index contributed by atoms with van der Waals surface area (Å²) in [6.45, 7) is 6.70. The van der Waals surface area contributed by atoms with E-state index in [4.69, 9.17) is 5.73 Å². The molecule has 0 saturated heterocycles. The Balaban J connectivity index is 1.75. The van der Waals surface area contributed by atoms with E-state index in [0.29, 0.717) is 12.1 Å². The molecule has 3 rings (SSSR count). The van der Waals surface area contributed by atoms with Crippen molar-refractivity contribution in [3.63, 3.8) is 0 Å². The average Bonchev–Trinajstić information content (AvgIpc) is 3.10. The van der Waals surface area contributed by atoms with Crippen LogP contribution in [0.1, 0.15) is 35.8 Å². The second-order valence-corrected chi connectivity index (χ2v) is 7.00. The summed E-state index contributed by atoms with van der Waals surface area (Å²) >= 11 is 0. The molecule has 0 fully saturated rings. The smallest absolute Gasteiger partial charge is 0.250 e. The van der Waals surface area contributed by atoms with Gasteiger partial charge in [-0.05, 0) is 24.7 Å². The first-order chi connectivity index (χ1) is 14.0. The maximum absolute atomic E-state index is 12.7. The molecule has 2 amide bonds. The summed E-state index contributed by atoms with van der Waals surface area (Å²) in [6.07, 6.45) is 1.66. The quantitative estimate of drug-likeness (QED) is 0.588. The van der Waals surface area contributed by atoms with Crippen LogP contribution in [0, 0.1) is 0 Å². The summed E-state index contributed by atoms with van der Waals surface area (Å²) in [6, 6.07) is 17.8. The number of likely N-dealkylation sites (N-methyl/N-ethyl adjacent to an activating group) is 1. The molecule has 0 spiro atoms. The third-order valence-corrected chi connectivity index (χ3v) is 5.30. The fourth-order valence-corrected chi connectivity index (χ4v) is 3.79. The predicted octanol–water partition coefficient (Wildman–Crippen LogP) is 2.94. The van der Waals surface area contributed by atoms with E-state index >= 15 is 0 Å². The highest BCUT2D eigenvalue weighted by Gasteiger charge is 2.19. The number of aromatic nitrogens is 1. The zero-order valence-electron chi connectivity index (χ0n) is 17.0. The predicted molar refractivity (Wildman–Crippen MR) is 116 cm³/mol. The Bertz CT molecular complexity index is 977. The molecule has 1 unspecified atom stereocenters. The van der Waals surface area contributed by atoms with E-state index in [1.54, 1.807) is 10.8 Å². The standard InChI is InChI=1S/C23H28N4O2/c1-3-26(4-2)21(17-10-6-5-7-11-17)14-25-22(28)16-27-15-19(23(24)29)18-12-8-9-13-20(18)27/h5-13,15,21H,3-4,14,16H2,1-2H3,(H2,24,29)(H,25,28). The van der Waals surface area contributed by atoms with E-state index < -0.39 is 5.91 Å². The van der Waals surface area contributed by atoms with Gasteiger partial charge in [0.15, 0.2) is 0 Å². The Morgan fingerprint density at radius 3 is 2.34 bits per heavy atom. The number of nitrogens with zero attached hydrogens (tertiary/aromatic N) is 2. The molecule has 3 aromatic rings. The number of para-hydroxylation sites is 1. The van der Waals surface area contributed by atoms with Crippen molar-refractivity contribution >= 4 is 22.7 Å². The third kappa shape index (κ3) is 4.66. The molecular weight excluding hydrogens is 364 g/mol. The second-order valence-electron chi connectivity index (χ2n) is 7.00. The summed E-state index contributed by atoms with van der Waals surface area (Å²) in [5, 5.41) is 3.83. The monoisotopic (exact) mass is 392 g/mol. The van der Waals surface area contributed by atoms with Crippen LogP contribution in [0.3, 0.4) is 0 Å². The van der Waals surface area contributed by atoms with Gasteiger partial charge in [-0.15, -0.1) is 0 Å². The Hall–Kier alpha value is -3.12. The summed E-state index contributed by atoms with van der Waals surface area (Å²) in [5.41, 5.74) is 7.92. The molecule has 1 atom stereocenters. The van der Waals surface area contributed by atoms with Crippen LogP contribution in [0.15, 0.2) is 60.8 Å². The van der Waals surface area contributed by atoms with Crippen molar-refractivity contribution in [3.05, 3.63) is 71.9 Å². The maximum atomic E-state index is 12.7. The van der Waals surface area contributed by atoms with Crippen LogP contribution in [0.5, 0.6) is 0 Å². The van der Waals surface area contributed by atoms with Crippen molar-refractivity contribution in [1.82, 2.24) is 14.8 Å². The minimum atomic E-state index is -0.494. The normalized spacial score (nSPS) is 12.2. The van der Waals surface area contributed by atoms with Crippen molar-refractivity contribution in [3.8, 4) is 0 Å². The van der Waals surface area contributed by atoms with E-state index in [-0.39, 0.29) is 18.5 Å². The highest BCUT2D eigenvalue weighted by atomic mass is 16.2. The zero-order valence-corrected chi connectivity index (χ0v) is 17.0. The highest BCUT2D eigenvalue weighted by Crippen LogP contribution is 2.22. The third-order valence-electron chi connectivity index (χ3n) is 5.30. The van der Waals surface area contributed by atoms with Gasteiger partial charge in [0, 0.05) is 23.6 Å². The van der Waals surface area contributed by atoms with Crippen LogP contribution in [0.2, 0.25) is 0 Å². The first kappa shape index (κ1) is 20.6. The van der Waals surface area contributed by atoms with Crippen LogP contribution < -0.4 is 11.1 Å². The molecule has 0 saturated carbocycles. The maximum Gasteiger partial charge on any atom is 0.250 e. The summed E-state index contributed by atoms with van der Waals surface area (Å²) in [5.74, 6) is -0.596. The SMILES string of the molecule is CCN(CC)C(CNC(=O)Cn1cc(C(N)=O)c2ccccc21)c1ccccc1. The number of carbonyl (C=O) groups excluding carboxylic acids is 2.